The van der Waals surface area contributed by atoms with Crippen molar-refractivity contribution in [3.8, 4) is 17.2 Å². The lowest BCUT2D eigenvalue weighted by Gasteiger charge is -2.09. The van der Waals surface area contributed by atoms with Crippen molar-refractivity contribution in [3.05, 3.63) is 82.3 Å². The topological polar surface area (TPSA) is 81.2 Å². The van der Waals surface area contributed by atoms with E-state index in [1.807, 2.05) is 24.3 Å². The van der Waals surface area contributed by atoms with Crippen LogP contribution in [0.15, 0.2) is 76.3 Å². The van der Waals surface area contributed by atoms with Gasteiger partial charge in [-0.15, -0.1) is 0 Å². The van der Waals surface area contributed by atoms with Gasteiger partial charge in [0.05, 0.1) is 26.0 Å². The minimum Gasteiger partial charge on any atom is -0.497 e. The van der Waals surface area contributed by atoms with Gasteiger partial charge >= 0.3 is 5.97 Å². The van der Waals surface area contributed by atoms with Crippen LogP contribution in [-0.2, 0) is 0 Å². The van der Waals surface area contributed by atoms with Gasteiger partial charge in [-0.1, -0.05) is 15.9 Å². The Morgan fingerprint density at radius 2 is 1.59 bits per heavy atom. The Kier molecular flexibility index (Phi) is 8.18. The van der Waals surface area contributed by atoms with Crippen LogP contribution in [0.5, 0.6) is 17.2 Å². The van der Waals surface area contributed by atoms with Crippen molar-refractivity contribution >= 4 is 51.1 Å². The molecule has 0 aliphatic heterocycles. The molecule has 9 heteroatoms. The van der Waals surface area contributed by atoms with E-state index in [1.165, 1.54) is 6.21 Å². The number of halogens is 1. The fraction of sp³-hybridized carbons (Fsp3) is 0.0870. The third-order valence-electron chi connectivity index (χ3n) is 4.22. The zero-order valence-electron chi connectivity index (χ0n) is 17.3. The third kappa shape index (κ3) is 6.53. The van der Waals surface area contributed by atoms with Gasteiger partial charge in [0.2, 0.25) is 0 Å². The van der Waals surface area contributed by atoms with Gasteiger partial charge in [-0.2, -0.15) is 5.10 Å². The van der Waals surface area contributed by atoms with Crippen molar-refractivity contribution in [2.75, 3.05) is 19.5 Å². The molecule has 0 fully saturated rings. The highest BCUT2D eigenvalue weighted by atomic mass is 79.9. The number of carbonyl (C=O) groups excluding carboxylic acids is 1. The SMILES string of the molecule is COc1ccc(NC(=S)N/N=C/c2cc(Br)ccc2OC(=O)c2ccc(OC)cc2)cc1. The smallest absolute Gasteiger partial charge is 0.343 e. The fourth-order valence-corrected chi connectivity index (χ4v) is 3.14. The van der Waals surface area contributed by atoms with Crippen LogP contribution < -0.4 is 25.0 Å². The largest absolute Gasteiger partial charge is 0.497 e. The van der Waals surface area contributed by atoms with Gasteiger partial charge in [-0.3, -0.25) is 5.43 Å². The van der Waals surface area contributed by atoms with Crippen LogP contribution in [0.4, 0.5) is 5.69 Å². The highest BCUT2D eigenvalue weighted by Gasteiger charge is 2.12. The first kappa shape index (κ1) is 23.2. The Balaban J connectivity index is 1.65. The van der Waals surface area contributed by atoms with Crippen LogP contribution in [-0.4, -0.2) is 31.5 Å². The summed E-state index contributed by atoms with van der Waals surface area (Å²) >= 11 is 8.67. The molecule has 164 valence electrons. The molecule has 0 bridgehead atoms. The molecule has 2 N–H and O–H groups in total. The maximum atomic E-state index is 12.5. The minimum atomic E-state index is -0.491. The number of nitrogens with one attached hydrogen (secondary N) is 2. The summed E-state index contributed by atoms with van der Waals surface area (Å²) in [7, 11) is 3.17. The van der Waals surface area contributed by atoms with Gasteiger partial charge in [-0.25, -0.2) is 4.79 Å². The van der Waals surface area contributed by atoms with Crippen LogP contribution in [0, 0.1) is 0 Å². The zero-order valence-corrected chi connectivity index (χ0v) is 19.7. The fourth-order valence-electron chi connectivity index (χ4n) is 2.59. The van der Waals surface area contributed by atoms with E-state index in [4.69, 9.17) is 26.4 Å². The van der Waals surface area contributed by atoms with Crippen molar-refractivity contribution in [2.45, 2.75) is 0 Å². The van der Waals surface area contributed by atoms with Crippen LogP contribution in [0.25, 0.3) is 0 Å². The number of ether oxygens (including phenoxy) is 3. The van der Waals surface area contributed by atoms with Crippen LogP contribution >= 0.6 is 28.1 Å². The summed E-state index contributed by atoms with van der Waals surface area (Å²) in [6.07, 6.45) is 1.52. The summed E-state index contributed by atoms with van der Waals surface area (Å²) in [6.45, 7) is 0. The molecule has 0 aliphatic rings. The molecule has 0 spiro atoms. The molecule has 0 saturated heterocycles. The number of nitrogens with zero attached hydrogens (tertiary/aromatic N) is 1. The molecule has 3 aromatic carbocycles. The van der Waals surface area contributed by atoms with Crippen molar-refractivity contribution in [1.29, 1.82) is 0 Å². The quantitative estimate of drug-likeness (QED) is 0.151. The molecular weight excluding hydrogens is 494 g/mol. The van der Waals surface area contributed by atoms with E-state index < -0.39 is 5.97 Å². The van der Waals surface area contributed by atoms with Gasteiger partial charge in [0, 0.05) is 15.7 Å². The Bertz CT molecular complexity index is 1120. The molecule has 0 saturated carbocycles. The highest BCUT2D eigenvalue weighted by Crippen LogP contribution is 2.23. The Morgan fingerprint density at radius 3 is 2.22 bits per heavy atom. The first-order chi connectivity index (χ1) is 15.5. The first-order valence-corrected chi connectivity index (χ1v) is 10.6. The maximum Gasteiger partial charge on any atom is 0.343 e. The highest BCUT2D eigenvalue weighted by molar-refractivity contribution is 9.10. The standard InChI is InChI=1S/C23H20BrN3O4S/c1-29-19-8-3-15(4-9-19)22(28)31-21-12-5-17(24)13-16(21)14-25-27-23(32)26-18-6-10-20(30-2)11-7-18/h3-14H,1-2H3,(H2,26,27,32)/b25-14+. The van der Waals surface area contributed by atoms with Crippen molar-refractivity contribution in [1.82, 2.24) is 5.43 Å². The molecule has 0 atom stereocenters. The van der Waals surface area contributed by atoms with Crippen LogP contribution in [0.1, 0.15) is 15.9 Å². The molecule has 32 heavy (non-hydrogen) atoms. The second-order valence-corrected chi connectivity index (χ2v) is 7.68. The number of hydrogen-bond acceptors (Lipinski definition) is 6. The predicted octanol–water partition coefficient (Wildman–Crippen LogP) is 5.01. The van der Waals surface area contributed by atoms with Gasteiger partial charge in [0.15, 0.2) is 5.11 Å². The van der Waals surface area contributed by atoms with E-state index in [9.17, 15) is 4.79 Å². The predicted molar refractivity (Wildman–Crippen MR) is 132 cm³/mol. The lowest BCUT2D eigenvalue weighted by Crippen LogP contribution is -2.23. The summed E-state index contributed by atoms with van der Waals surface area (Å²) in [4.78, 5) is 12.5. The normalized spacial score (nSPS) is 10.5. The van der Waals surface area contributed by atoms with E-state index in [-0.39, 0.29) is 0 Å². The molecule has 7 nitrogen and oxygen atoms in total. The summed E-state index contributed by atoms with van der Waals surface area (Å²) < 4.78 is 16.6. The third-order valence-corrected chi connectivity index (χ3v) is 4.90. The summed E-state index contributed by atoms with van der Waals surface area (Å²) in [5, 5.41) is 7.46. The second-order valence-electron chi connectivity index (χ2n) is 6.35. The van der Waals surface area contributed by atoms with Crippen LogP contribution in [0.3, 0.4) is 0 Å². The number of hydrazone groups is 1. The number of anilines is 1. The lowest BCUT2D eigenvalue weighted by atomic mass is 10.2. The second kappa shape index (κ2) is 11.3. The van der Waals surface area contributed by atoms with E-state index in [2.05, 4.69) is 31.8 Å². The molecule has 0 heterocycles. The Hall–Kier alpha value is -3.43. The lowest BCUT2D eigenvalue weighted by molar-refractivity contribution is 0.0734. The molecule has 0 aliphatic carbocycles. The maximum absolute atomic E-state index is 12.5. The first-order valence-electron chi connectivity index (χ1n) is 9.38. The van der Waals surface area contributed by atoms with Gasteiger partial charge in [0.25, 0.3) is 0 Å². The summed E-state index contributed by atoms with van der Waals surface area (Å²) in [5.41, 5.74) is 4.52. The van der Waals surface area contributed by atoms with E-state index >= 15 is 0 Å². The number of benzene rings is 3. The monoisotopic (exact) mass is 513 g/mol. The van der Waals surface area contributed by atoms with E-state index in [1.54, 1.807) is 56.7 Å². The number of rotatable bonds is 7. The summed E-state index contributed by atoms with van der Waals surface area (Å²) in [5.74, 6) is 1.27. The van der Waals surface area contributed by atoms with Gasteiger partial charge in [0.1, 0.15) is 17.2 Å². The number of thiocarbonyl (C=S) groups is 1. The molecule has 0 radical (unpaired) electrons. The van der Waals surface area contributed by atoms with E-state index in [0.717, 1.165) is 15.9 Å². The Morgan fingerprint density at radius 1 is 0.969 bits per heavy atom. The van der Waals surface area contributed by atoms with Crippen LogP contribution in [0.2, 0.25) is 0 Å². The molecule has 3 rings (SSSR count). The summed E-state index contributed by atoms with van der Waals surface area (Å²) in [6, 6.07) is 19.2. The molecular formula is C23H20BrN3O4S. The number of hydrogen-bond donors (Lipinski definition) is 2. The molecule has 0 aromatic heterocycles. The number of methoxy groups -OCH3 is 2. The zero-order chi connectivity index (χ0) is 22.9. The van der Waals surface area contributed by atoms with Crippen molar-refractivity contribution in [3.63, 3.8) is 0 Å². The molecule has 0 amide bonds. The minimum absolute atomic E-state index is 0.304. The molecule has 0 unspecified atom stereocenters. The molecule has 3 aromatic rings. The Labute approximate surface area is 199 Å². The van der Waals surface area contributed by atoms with Crippen molar-refractivity contribution in [2.24, 2.45) is 5.10 Å². The van der Waals surface area contributed by atoms with Gasteiger partial charge in [-0.05, 0) is 78.9 Å². The average Bonchev–Trinajstić information content (AvgIpc) is 2.81. The van der Waals surface area contributed by atoms with Crippen molar-refractivity contribution < 1.29 is 19.0 Å². The van der Waals surface area contributed by atoms with E-state index in [0.29, 0.717) is 27.7 Å². The number of carbonyl (C=O) groups is 1. The average molecular weight is 514 g/mol. The number of esters is 1. The van der Waals surface area contributed by atoms with Gasteiger partial charge < -0.3 is 19.5 Å².